The van der Waals surface area contributed by atoms with Crippen molar-refractivity contribution in [3.05, 3.63) is 41.0 Å². The first-order chi connectivity index (χ1) is 11.2. The van der Waals surface area contributed by atoms with Gasteiger partial charge >= 0.3 is 0 Å². The van der Waals surface area contributed by atoms with Crippen LogP contribution >= 0.6 is 0 Å². The number of halogens is 2. The lowest BCUT2D eigenvalue weighted by molar-refractivity contribution is -0.0824. The number of ketones is 1. The molecule has 134 valence electrons. The lowest BCUT2D eigenvalue weighted by Gasteiger charge is -2.23. The van der Waals surface area contributed by atoms with Crippen molar-refractivity contribution in [2.45, 2.75) is 64.9 Å². The maximum atomic E-state index is 12.9. The Morgan fingerprint density at radius 2 is 2.04 bits per heavy atom. The number of benzene rings is 1. The van der Waals surface area contributed by atoms with Gasteiger partial charge in [-0.15, -0.1) is 0 Å². The number of hydrogen-bond donors (Lipinski definition) is 2. The molecule has 24 heavy (non-hydrogen) atoms. The number of aryl methyl sites for hydroxylation is 1. The third-order valence-electron chi connectivity index (χ3n) is 4.02. The summed E-state index contributed by atoms with van der Waals surface area (Å²) in [6.07, 6.45) is 0.852. The van der Waals surface area contributed by atoms with E-state index in [2.05, 4.69) is 0 Å². The van der Waals surface area contributed by atoms with Crippen molar-refractivity contribution in [1.29, 1.82) is 0 Å². The average Bonchev–Trinajstić information content (AvgIpc) is 2.52. The Bertz CT molecular complexity index is 592. The van der Waals surface area contributed by atoms with Crippen LogP contribution in [-0.4, -0.2) is 28.0 Å². The van der Waals surface area contributed by atoms with Crippen molar-refractivity contribution in [2.75, 3.05) is 0 Å². The Hall–Kier alpha value is -1.75. The fourth-order valence-corrected chi connectivity index (χ4v) is 2.43. The highest BCUT2D eigenvalue weighted by Gasteiger charge is 2.32. The molecule has 1 rings (SSSR count). The highest BCUT2D eigenvalue weighted by Crippen LogP contribution is 2.28. The van der Waals surface area contributed by atoms with Crippen molar-refractivity contribution in [2.24, 2.45) is 0 Å². The highest BCUT2D eigenvalue weighted by molar-refractivity contribution is 5.99. The molecule has 0 bridgehead atoms. The second-order valence-electron chi connectivity index (χ2n) is 6.40. The largest absolute Gasteiger partial charge is 0.507 e. The third-order valence-corrected chi connectivity index (χ3v) is 4.02. The summed E-state index contributed by atoms with van der Waals surface area (Å²) in [6.45, 7) is 4.79. The van der Waals surface area contributed by atoms with Gasteiger partial charge in [-0.1, -0.05) is 37.1 Å². The van der Waals surface area contributed by atoms with Gasteiger partial charge in [0.1, 0.15) is 11.4 Å². The number of aliphatic hydroxyl groups is 1. The summed E-state index contributed by atoms with van der Waals surface area (Å²) in [6, 6.07) is 4.93. The van der Waals surface area contributed by atoms with Crippen LogP contribution in [0, 0.1) is 6.92 Å². The Morgan fingerprint density at radius 3 is 2.62 bits per heavy atom. The molecule has 0 aliphatic heterocycles. The van der Waals surface area contributed by atoms with Crippen LogP contribution in [0.5, 0.6) is 5.75 Å². The monoisotopic (exact) mass is 340 g/mol. The van der Waals surface area contributed by atoms with Crippen molar-refractivity contribution >= 4 is 5.78 Å². The molecule has 0 amide bonds. The van der Waals surface area contributed by atoms with E-state index >= 15 is 0 Å². The molecule has 0 spiro atoms. The maximum Gasteiger partial charge on any atom is 0.266 e. The van der Waals surface area contributed by atoms with E-state index in [9.17, 15) is 23.8 Å². The first-order valence-electron chi connectivity index (χ1n) is 8.19. The van der Waals surface area contributed by atoms with Gasteiger partial charge in [0, 0.05) is 12.8 Å². The summed E-state index contributed by atoms with van der Waals surface area (Å²) >= 11 is 0. The molecule has 0 saturated carbocycles. The normalized spacial score (nSPS) is 14.7. The van der Waals surface area contributed by atoms with Crippen molar-refractivity contribution < 1.29 is 23.8 Å². The van der Waals surface area contributed by atoms with E-state index in [1.807, 2.05) is 6.92 Å². The molecule has 1 aromatic carbocycles. The molecule has 0 aliphatic rings. The van der Waals surface area contributed by atoms with Gasteiger partial charge in [-0.3, -0.25) is 4.79 Å². The number of hydrogen-bond acceptors (Lipinski definition) is 3. The summed E-state index contributed by atoms with van der Waals surface area (Å²) in [7, 11) is 0. The van der Waals surface area contributed by atoms with Gasteiger partial charge in [0.2, 0.25) is 0 Å². The number of Topliss-reactive ketones (excluding diaryl/α,β-unsaturated/α-hetero) is 1. The van der Waals surface area contributed by atoms with Crippen LogP contribution in [0.15, 0.2) is 29.8 Å². The minimum atomic E-state index is -2.85. The van der Waals surface area contributed by atoms with Gasteiger partial charge in [-0.05, 0) is 38.3 Å². The van der Waals surface area contributed by atoms with E-state index in [-0.39, 0.29) is 29.9 Å². The number of rotatable bonds is 9. The smallest absolute Gasteiger partial charge is 0.266 e. The predicted molar refractivity (Wildman–Crippen MR) is 90.6 cm³/mol. The van der Waals surface area contributed by atoms with Gasteiger partial charge < -0.3 is 10.2 Å². The van der Waals surface area contributed by atoms with Crippen LogP contribution in [-0.2, 0) is 0 Å². The molecule has 0 aromatic heterocycles. The lowest BCUT2D eigenvalue weighted by Crippen LogP contribution is -2.33. The Labute approximate surface area is 142 Å². The Kier molecular flexibility index (Phi) is 7.55. The molecule has 2 N–H and O–H groups in total. The zero-order chi connectivity index (χ0) is 18.3. The first-order valence-corrected chi connectivity index (χ1v) is 8.19. The quantitative estimate of drug-likeness (QED) is 0.502. The molecule has 1 unspecified atom stereocenters. The highest BCUT2D eigenvalue weighted by atomic mass is 19.3. The van der Waals surface area contributed by atoms with E-state index in [0.29, 0.717) is 17.6 Å². The maximum absolute atomic E-state index is 12.9. The number of phenolic OH excluding ortho intramolecular Hbond substituents is 1. The van der Waals surface area contributed by atoms with E-state index in [4.69, 9.17) is 0 Å². The zero-order valence-electron chi connectivity index (χ0n) is 14.5. The van der Waals surface area contributed by atoms with Crippen LogP contribution in [0.2, 0.25) is 0 Å². The van der Waals surface area contributed by atoms with E-state index in [1.54, 1.807) is 31.2 Å². The summed E-state index contributed by atoms with van der Waals surface area (Å²) < 4.78 is 25.8. The number of carbonyl (C=O) groups is 1. The molecule has 0 fully saturated rings. The summed E-state index contributed by atoms with van der Waals surface area (Å²) in [5, 5.41) is 19.8. The number of para-hydroxylation sites is 1. The van der Waals surface area contributed by atoms with Crippen LogP contribution in [0.1, 0.15) is 61.9 Å². The molecular formula is C19H26F2O3. The van der Waals surface area contributed by atoms with Gasteiger partial charge in [-0.2, -0.15) is 0 Å². The second kappa shape index (κ2) is 8.92. The van der Waals surface area contributed by atoms with E-state index in [1.165, 1.54) is 0 Å². The number of unbranched alkanes of at least 4 members (excludes halogenated alkanes) is 1. The van der Waals surface area contributed by atoms with Crippen molar-refractivity contribution in [1.82, 2.24) is 0 Å². The van der Waals surface area contributed by atoms with Gasteiger partial charge in [0.25, 0.3) is 6.43 Å². The summed E-state index contributed by atoms with van der Waals surface area (Å²) in [5.41, 5.74) is -0.630. The van der Waals surface area contributed by atoms with E-state index < -0.39 is 12.0 Å². The SMILES string of the molecule is CCCC/C(=C/CC(=O)c1cccc(C)c1O)CC(C)(O)C(F)F. The minimum Gasteiger partial charge on any atom is -0.507 e. The Balaban J connectivity index is 2.90. The Morgan fingerprint density at radius 1 is 1.38 bits per heavy atom. The van der Waals surface area contributed by atoms with E-state index in [0.717, 1.165) is 19.8 Å². The van der Waals surface area contributed by atoms with Crippen LogP contribution in [0.4, 0.5) is 8.78 Å². The number of phenols is 1. The standard InChI is InChI=1S/C19H26F2O3/c1-4-5-8-14(12-19(3,24)18(20)21)10-11-16(22)15-9-6-7-13(2)17(15)23/h6-7,9-10,18,23-24H,4-5,8,11-12H2,1-3H3/b14-10-. The molecule has 1 atom stereocenters. The third kappa shape index (κ3) is 5.71. The predicted octanol–water partition coefficient (Wildman–Crippen LogP) is 4.80. The molecular weight excluding hydrogens is 314 g/mol. The number of allylic oxidation sites excluding steroid dienone is 1. The molecule has 1 aromatic rings. The van der Waals surface area contributed by atoms with Crippen LogP contribution < -0.4 is 0 Å². The minimum absolute atomic E-state index is 0.00930. The van der Waals surface area contributed by atoms with Gasteiger partial charge in [0.05, 0.1) is 5.56 Å². The topological polar surface area (TPSA) is 57.5 Å². The van der Waals surface area contributed by atoms with Crippen LogP contribution in [0.25, 0.3) is 0 Å². The fourth-order valence-electron chi connectivity index (χ4n) is 2.43. The second-order valence-corrected chi connectivity index (χ2v) is 6.40. The number of alkyl halides is 2. The number of aromatic hydroxyl groups is 1. The fraction of sp³-hybridized carbons (Fsp3) is 0.526. The lowest BCUT2D eigenvalue weighted by atomic mass is 9.92. The molecule has 0 heterocycles. The van der Waals surface area contributed by atoms with Gasteiger partial charge in [-0.25, -0.2) is 8.78 Å². The van der Waals surface area contributed by atoms with Crippen molar-refractivity contribution in [3.63, 3.8) is 0 Å². The summed E-state index contributed by atoms with van der Waals surface area (Å²) in [5.74, 6) is -0.326. The molecule has 0 saturated heterocycles. The number of carbonyl (C=O) groups excluding carboxylic acids is 1. The molecule has 5 heteroatoms. The molecule has 3 nitrogen and oxygen atoms in total. The molecule has 0 aliphatic carbocycles. The average molecular weight is 340 g/mol. The molecule has 0 radical (unpaired) electrons. The summed E-state index contributed by atoms with van der Waals surface area (Å²) in [4.78, 5) is 12.3. The zero-order valence-corrected chi connectivity index (χ0v) is 14.5. The first kappa shape index (κ1) is 20.3. The van der Waals surface area contributed by atoms with Gasteiger partial charge in [0.15, 0.2) is 5.78 Å². The van der Waals surface area contributed by atoms with Crippen molar-refractivity contribution in [3.8, 4) is 5.75 Å². The van der Waals surface area contributed by atoms with Crippen LogP contribution in [0.3, 0.4) is 0 Å².